The van der Waals surface area contributed by atoms with Crippen LogP contribution < -0.4 is 28.0 Å². The lowest BCUT2D eigenvalue weighted by atomic mass is 10.1. The lowest BCUT2D eigenvalue weighted by Crippen LogP contribution is -2.35. The molecule has 0 aromatic carbocycles. The third-order valence-corrected chi connectivity index (χ3v) is 8.90. The number of aromatic amines is 1. The van der Waals surface area contributed by atoms with E-state index in [4.69, 9.17) is 45.2 Å². The van der Waals surface area contributed by atoms with Crippen molar-refractivity contribution >= 4 is 35.5 Å². The first-order valence-corrected chi connectivity index (χ1v) is 15.7. The molecule has 0 aliphatic carbocycles. The number of anilines is 1. The van der Waals surface area contributed by atoms with E-state index in [0.717, 1.165) is 4.57 Å². The van der Waals surface area contributed by atoms with E-state index in [1.54, 1.807) is 12.1 Å². The van der Waals surface area contributed by atoms with Gasteiger partial charge in [-0.2, -0.15) is 0 Å². The number of aliphatic hydroxyl groups excluding tert-OH is 2. The molecule has 2 aliphatic heterocycles. The van der Waals surface area contributed by atoms with E-state index >= 15 is 0 Å². The zero-order valence-electron chi connectivity index (χ0n) is 23.9. The maximum atomic E-state index is 13.2. The number of furan rings is 1. The van der Waals surface area contributed by atoms with Crippen LogP contribution in [0.25, 0.3) is 22.5 Å². The van der Waals surface area contributed by atoms with Crippen LogP contribution in [0.4, 0.5) is 5.82 Å². The van der Waals surface area contributed by atoms with Gasteiger partial charge in [-0.05, 0) is 12.1 Å². The Bertz CT molecular complexity index is 1800. The molecule has 244 valence electrons. The van der Waals surface area contributed by atoms with Gasteiger partial charge in [-0.3, -0.25) is 18.9 Å². The summed E-state index contributed by atoms with van der Waals surface area (Å²) in [6.07, 6.45) is -1.97. The number of nitrogens with two attached hydrogens (primary N) is 1. The van der Waals surface area contributed by atoms with Crippen LogP contribution in [0.15, 0.2) is 51.3 Å². The van der Waals surface area contributed by atoms with Crippen LogP contribution in [0, 0.1) is 0 Å². The minimum absolute atomic E-state index is 0. The number of H-pyrrole nitrogens is 1. The summed E-state index contributed by atoms with van der Waals surface area (Å²) in [4.78, 5) is 52.6. The Kier molecular flexibility index (Phi) is 9.63. The minimum Gasteiger partial charge on any atom is -0.780 e. The second-order valence-corrected chi connectivity index (χ2v) is 12.7. The minimum atomic E-state index is -4.27. The molecule has 21 heteroatoms. The van der Waals surface area contributed by atoms with Gasteiger partial charge in [-0.15, -0.1) is 0 Å². The van der Waals surface area contributed by atoms with Gasteiger partial charge in [0.25, 0.3) is 5.56 Å². The van der Waals surface area contributed by atoms with Gasteiger partial charge in [0.2, 0.25) is 0 Å². The summed E-state index contributed by atoms with van der Waals surface area (Å²) in [6, 6.07) is 3.13. The number of rotatable bonds is 10. The Hall–Kier alpha value is -3.40. The number of methoxy groups -OCH3 is 1. The van der Waals surface area contributed by atoms with Gasteiger partial charge in [-0.25, -0.2) is 19.7 Å². The van der Waals surface area contributed by atoms with E-state index in [2.05, 4.69) is 19.9 Å². The molecule has 6 rings (SSSR count). The van der Waals surface area contributed by atoms with Crippen LogP contribution in [0.1, 0.15) is 18.9 Å². The maximum absolute atomic E-state index is 13.2. The summed E-state index contributed by atoms with van der Waals surface area (Å²) in [7, 11) is 1.38. The number of ether oxygens (including phenoxy) is 3. The van der Waals surface area contributed by atoms with Crippen molar-refractivity contribution < 1.29 is 42.8 Å². The fraction of sp³-hybridized carbons (Fsp3) is 0.458. The molecular formula is C24H31N8O11PS. The summed E-state index contributed by atoms with van der Waals surface area (Å²) in [5, 5.41) is 20.8. The molecule has 19 nitrogen and oxygen atoms in total. The zero-order valence-corrected chi connectivity index (χ0v) is 25.6. The highest BCUT2D eigenvalue weighted by Crippen LogP contribution is 2.46. The lowest BCUT2D eigenvalue weighted by Gasteiger charge is -2.32. The van der Waals surface area contributed by atoms with Gasteiger partial charge in [0.1, 0.15) is 55.0 Å². The predicted octanol–water partition coefficient (Wildman–Crippen LogP) is -0.865. The average Bonchev–Trinajstić information content (AvgIpc) is 3.78. The number of fused-ring (bicyclic) bond motifs is 1. The maximum Gasteiger partial charge on any atom is 0.330 e. The first kappa shape index (κ1) is 33.0. The Balaban J connectivity index is 0.00000400. The highest BCUT2D eigenvalue weighted by molar-refractivity contribution is 8.06. The molecule has 0 bridgehead atoms. The van der Waals surface area contributed by atoms with Gasteiger partial charge in [-0.1, -0.05) is 11.8 Å². The topological polar surface area (TPSA) is 284 Å². The predicted molar refractivity (Wildman–Crippen MR) is 156 cm³/mol. The fourth-order valence-electron chi connectivity index (χ4n) is 5.20. The van der Waals surface area contributed by atoms with Crippen LogP contribution in [-0.4, -0.2) is 90.1 Å². The average molecular weight is 671 g/mol. The summed E-state index contributed by atoms with van der Waals surface area (Å²) < 4.78 is 36.1. The van der Waals surface area contributed by atoms with Crippen LogP contribution in [0.5, 0.6) is 0 Å². The van der Waals surface area contributed by atoms with E-state index in [-0.39, 0.29) is 29.7 Å². The molecule has 2 fully saturated rings. The van der Waals surface area contributed by atoms with Crippen molar-refractivity contribution in [3.05, 3.63) is 58.1 Å². The number of imidazole rings is 1. The van der Waals surface area contributed by atoms with Crippen LogP contribution in [0.3, 0.4) is 0 Å². The third kappa shape index (κ3) is 6.35. The van der Waals surface area contributed by atoms with Gasteiger partial charge in [0.15, 0.2) is 17.7 Å². The molecule has 4 aromatic rings. The summed E-state index contributed by atoms with van der Waals surface area (Å²) in [5.74, 6) is 0.383. The van der Waals surface area contributed by atoms with E-state index in [0.29, 0.717) is 11.2 Å². The SMILES string of the molecule is CO[C@H]1C(O)[C@@H](COP([O-])(=S)OC2C[C@H](n3cc(-c4ccco4)c(=O)[nH]c3=O)O[C@@H]2CO)O[C@H]1n1cnc2c(N)ncnc21.[NH4+]. The number of quaternary nitrogens is 1. The number of hydrogen-bond donors (Lipinski definition) is 5. The molecule has 9 N–H and O–H groups in total. The summed E-state index contributed by atoms with van der Waals surface area (Å²) in [5.41, 5.74) is 5.18. The summed E-state index contributed by atoms with van der Waals surface area (Å²) >= 11 is 5.10. The number of nitrogens with zero attached hydrogens (tertiary/aromatic N) is 5. The van der Waals surface area contributed by atoms with E-state index in [1.807, 2.05) is 0 Å². The van der Waals surface area contributed by atoms with Crippen LogP contribution in [-0.2, 0) is 35.1 Å². The Morgan fingerprint density at radius 3 is 2.76 bits per heavy atom. The van der Waals surface area contributed by atoms with Gasteiger partial charge >= 0.3 is 5.69 Å². The zero-order chi connectivity index (χ0) is 31.2. The first-order chi connectivity index (χ1) is 21.1. The fourth-order valence-corrected chi connectivity index (χ4v) is 6.66. The molecule has 8 atom stereocenters. The van der Waals surface area contributed by atoms with Crippen LogP contribution in [0.2, 0.25) is 0 Å². The van der Waals surface area contributed by atoms with Crippen molar-refractivity contribution in [1.29, 1.82) is 0 Å². The van der Waals surface area contributed by atoms with Crippen molar-refractivity contribution in [1.82, 2.24) is 35.2 Å². The van der Waals surface area contributed by atoms with E-state index in [9.17, 15) is 24.7 Å². The molecule has 0 spiro atoms. The molecule has 2 aliphatic rings. The Morgan fingerprint density at radius 1 is 1.24 bits per heavy atom. The highest BCUT2D eigenvalue weighted by atomic mass is 32.5. The quantitative estimate of drug-likeness (QED) is 0.128. The Morgan fingerprint density at radius 2 is 2.04 bits per heavy atom. The van der Waals surface area contributed by atoms with Crippen molar-refractivity contribution in [3.63, 3.8) is 0 Å². The monoisotopic (exact) mass is 670 g/mol. The van der Waals surface area contributed by atoms with Gasteiger partial charge in [0.05, 0.1) is 37.5 Å². The van der Waals surface area contributed by atoms with Crippen molar-refractivity contribution in [2.45, 2.75) is 49.4 Å². The second-order valence-electron chi connectivity index (χ2n) is 9.96. The van der Waals surface area contributed by atoms with E-state index in [1.165, 1.54) is 36.8 Å². The molecule has 45 heavy (non-hydrogen) atoms. The molecule has 6 heterocycles. The highest BCUT2D eigenvalue weighted by Gasteiger charge is 2.46. The first-order valence-electron chi connectivity index (χ1n) is 13.2. The molecule has 3 unspecified atom stereocenters. The number of aromatic nitrogens is 6. The Labute approximate surface area is 258 Å². The second kappa shape index (κ2) is 13.1. The molecular weight excluding hydrogens is 639 g/mol. The standard InChI is InChI=1S/C24H28N7O11PS.H3N/c1-37-19-18(33)15(41-23(19)31-10-28-17-20(25)26-9-27-21(17)31)8-39-43(36,44)42-13-5-16(40-14(13)7-32)30-6-11(12-3-2-4-38-12)22(34)29-24(30)35;/h2-4,6,9-10,13-16,18-19,23,32-33H,5,7-8H2,1H3,(H,36,44)(H2,25,26,27)(H,29,34,35);1H3/t13?,14-,15-,16-,18?,19+,23-,43?;/m1./s1. The largest absolute Gasteiger partial charge is 0.780 e. The normalized spacial score (nSPS) is 27.9. The molecule has 2 saturated heterocycles. The van der Waals surface area contributed by atoms with Crippen molar-refractivity contribution in [2.24, 2.45) is 0 Å². The van der Waals surface area contributed by atoms with Gasteiger partial charge < -0.3 is 54.7 Å². The number of hydrogen-bond acceptors (Lipinski definition) is 16. The number of nitrogen functional groups attached to an aromatic ring is 1. The van der Waals surface area contributed by atoms with Gasteiger partial charge in [0, 0.05) is 19.7 Å². The third-order valence-electron chi connectivity index (χ3n) is 7.33. The molecule has 0 amide bonds. The van der Waals surface area contributed by atoms with Crippen LogP contribution >= 0.6 is 6.72 Å². The summed E-state index contributed by atoms with van der Waals surface area (Å²) in [6.45, 7) is -5.28. The van der Waals surface area contributed by atoms with Crippen molar-refractivity contribution in [2.75, 3.05) is 26.1 Å². The number of aliphatic hydroxyl groups is 2. The van der Waals surface area contributed by atoms with E-state index < -0.39 is 74.2 Å². The molecule has 0 saturated carbocycles. The molecule has 0 radical (unpaired) electrons. The smallest absolute Gasteiger partial charge is 0.330 e. The van der Waals surface area contributed by atoms with Crippen molar-refractivity contribution in [3.8, 4) is 11.3 Å². The molecule has 4 aromatic heterocycles. The lowest BCUT2D eigenvalue weighted by molar-refractivity contribution is -0.215. The number of nitrogens with one attached hydrogen (secondary N) is 1.